The van der Waals surface area contributed by atoms with Gasteiger partial charge in [0.15, 0.2) is 23.0 Å². The number of unbranched alkanes of at least 4 members (excludes halogenated alkanes) is 1. The van der Waals surface area contributed by atoms with Crippen LogP contribution in [0.25, 0.3) is 0 Å². The van der Waals surface area contributed by atoms with Crippen molar-refractivity contribution in [3.05, 3.63) is 46.5 Å². The highest BCUT2D eigenvalue weighted by molar-refractivity contribution is 6.32. The Morgan fingerprint density at radius 2 is 1.71 bits per heavy atom. The predicted molar refractivity (Wildman–Crippen MR) is 109 cm³/mol. The van der Waals surface area contributed by atoms with Crippen LogP contribution in [0, 0.1) is 0 Å². The first-order valence-corrected chi connectivity index (χ1v) is 9.41. The van der Waals surface area contributed by atoms with Crippen molar-refractivity contribution in [3.63, 3.8) is 0 Å². The molecule has 1 N–H and O–H groups in total. The molecule has 6 nitrogen and oxygen atoms in total. The molecule has 0 spiro atoms. The molecule has 7 heteroatoms. The number of methoxy groups -OCH3 is 3. The highest BCUT2D eigenvalue weighted by Crippen LogP contribution is 2.36. The lowest BCUT2D eigenvalue weighted by atomic mass is 10.1. The van der Waals surface area contributed by atoms with Gasteiger partial charge >= 0.3 is 0 Å². The Morgan fingerprint density at radius 3 is 2.36 bits per heavy atom. The van der Waals surface area contributed by atoms with Gasteiger partial charge in [0, 0.05) is 12.1 Å². The molecule has 0 heterocycles. The highest BCUT2D eigenvalue weighted by atomic mass is 35.5. The van der Waals surface area contributed by atoms with Gasteiger partial charge < -0.3 is 24.3 Å². The quantitative estimate of drug-likeness (QED) is 0.588. The molecular formula is C21H26ClNO5. The number of benzene rings is 2. The zero-order valence-corrected chi connectivity index (χ0v) is 17.4. The van der Waals surface area contributed by atoms with Crippen LogP contribution >= 0.6 is 11.6 Å². The zero-order valence-electron chi connectivity index (χ0n) is 16.6. The van der Waals surface area contributed by atoms with Crippen molar-refractivity contribution in [2.45, 2.75) is 26.3 Å². The van der Waals surface area contributed by atoms with Gasteiger partial charge in [-0.15, -0.1) is 0 Å². The highest BCUT2D eigenvalue weighted by Gasteiger charge is 2.16. The maximum Gasteiger partial charge on any atom is 0.251 e. The third kappa shape index (κ3) is 5.45. The van der Waals surface area contributed by atoms with Gasteiger partial charge in [-0.3, -0.25) is 4.79 Å². The summed E-state index contributed by atoms with van der Waals surface area (Å²) in [6, 6.07) is 8.67. The van der Waals surface area contributed by atoms with Crippen LogP contribution < -0.4 is 24.3 Å². The standard InChI is InChI=1S/C21H26ClNO5/c1-5-6-9-28-20-16(22)11-15(12-19(20)27-4)21(24)23-13-14-7-8-17(25-2)18(10-14)26-3/h7-8,10-12H,5-6,9,13H2,1-4H3,(H,23,24). The van der Waals surface area contributed by atoms with Gasteiger partial charge in [0.05, 0.1) is 33.0 Å². The van der Waals surface area contributed by atoms with Crippen molar-refractivity contribution in [3.8, 4) is 23.0 Å². The van der Waals surface area contributed by atoms with Crippen molar-refractivity contribution in [1.82, 2.24) is 5.32 Å². The van der Waals surface area contributed by atoms with Gasteiger partial charge in [0.1, 0.15) is 0 Å². The molecule has 0 aliphatic heterocycles. The number of carbonyl (C=O) groups is 1. The molecule has 0 radical (unpaired) electrons. The van der Waals surface area contributed by atoms with Crippen LogP contribution in [-0.2, 0) is 6.54 Å². The topological polar surface area (TPSA) is 66.0 Å². The summed E-state index contributed by atoms with van der Waals surface area (Å²) in [4.78, 5) is 12.6. The minimum Gasteiger partial charge on any atom is -0.493 e. The SMILES string of the molecule is CCCCOc1c(Cl)cc(C(=O)NCc2ccc(OC)c(OC)c2)cc1OC. The molecule has 0 aliphatic carbocycles. The summed E-state index contributed by atoms with van der Waals surface area (Å²) in [5, 5.41) is 3.20. The second-order valence-corrected chi connectivity index (χ2v) is 6.47. The average molecular weight is 408 g/mol. The minimum absolute atomic E-state index is 0.268. The van der Waals surface area contributed by atoms with E-state index >= 15 is 0 Å². The van der Waals surface area contributed by atoms with Crippen molar-refractivity contribution in [2.75, 3.05) is 27.9 Å². The van der Waals surface area contributed by atoms with E-state index in [-0.39, 0.29) is 5.91 Å². The smallest absolute Gasteiger partial charge is 0.251 e. The number of amides is 1. The summed E-state index contributed by atoms with van der Waals surface area (Å²) in [6.07, 6.45) is 1.92. The Morgan fingerprint density at radius 1 is 1.00 bits per heavy atom. The van der Waals surface area contributed by atoms with Crippen LogP contribution in [0.5, 0.6) is 23.0 Å². The summed E-state index contributed by atoms with van der Waals surface area (Å²) in [5.74, 6) is 1.85. The first-order valence-electron chi connectivity index (χ1n) is 9.03. The van der Waals surface area contributed by atoms with Gasteiger partial charge in [0.25, 0.3) is 5.91 Å². The molecular weight excluding hydrogens is 382 g/mol. The molecule has 2 rings (SSSR count). The maximum absolute atomic E-state index is 12.6. The van der Waals surface area contributed by atoms with Crippen molar-refractivity contribution in [2.24, 2.45) is 0 Å². The molecule has 2 aromatic carbocycles. The minimum atomic E-state index is -0.268. The number of nitrogens with one attached hydrogen (secondary N) is 1. The molecule has 1 amide bonds. The monoisotopic (exact) mass is 407 g/mol. The number of hydrogen-bond donors (Lipinski definition) is 1. The summed E-state index contributed by atoms with van der Waals surface area (Å²) in [5.41, 5.74) is 1.27. The van der Waals surface area contributed by atoms with E-state index in [9.17, 15) is 4.79 Å². The van der Waals surface area contributed by atoms with Gasteiger partial charge in [-0.1, -0.05) is 31.0 Å². The van der Waals surface area contributed by atoms with Crippen molar-refractivity contribution in [1.29, 1.82) is 0 Å². The molecule has 2 aromatic rings. The molecule has 0 saturated carbocycles. The van der Waals surface area contributed by atoms with Crippen molar-refractivity contribution < 1.29 is 23.7 Å². The van der Waals surface area contributed by atoms with Gasteiger partial charge in [-0.25, -0.2) is 0 Å². The fourth-order valence-electron chi connectivity index (χ4n) is 2.58. The summed E-state index contributed by atoms with van der Waals surface area (Å²) < 4.78 is 21.5. The van der Waals surface area contributed by atoms with Crippen molar-refractivity contribution >= 4 is 17.5 Å². The van der Waals surface area contributed by atoms with Gasteiger partial charge in [-0.2, -0.15) is 0 Å². The number of halogens is 1. The summed E-state index contributed by atoms with van der Waals surface area (Å²) in [7, 11) is 4.66. The third-order valence-electron chi connectivity index (χ3n) is 4.14. The molecule has 152 valence electrons. The third-order valence-corrected chi connectivity index (χ3v) is 4.42. The molecule has 0 aliphatic rings. The fourth-order valence-corrected chi connectivity index (χ4v) is 2.85. The van der Waals surface area contributed by atoms with E-state index in [0.717, 1.165) is 18.4 Å². The van der Waals surface area contributed by atoms with Crippen LogP contribution in [-0.4, -0.2) is 33.8 Å². The predicted octanol–water partition coefficient (Wildman–Crippen LogP) is 4.47. The van der Waals surface area contributed by atoms with E-state index < -0.39 is 0 Å². The van der Waals surface area contributed by atoms with Crippen LogP contribution in [0.3, 0.4) is 0 Å². The number of hydrogen-bond acceptors (Lipinski definition) is 5. The Balaban J connectivity index is 2.10. The summed E-state index contributed by atoms with van der Waals surface area (Å²) in [6.45, 7) is 2.94. The Hall–Kier alpha value is -2.60. The zero-order chi connectivity index (χ0) is 20.5. The number of ether oxygens (including phenoxy) is 4. The molecule has 28 heavy (non-hydrogen) atoms. The lowest BCUT2D eigenvalue weighted by Gasteiger charge is -2.14. The van der Waals surface area contributed by atoms with E-state index in [1.807, 2.05) is 12.1 Å². The lowest BCUT2D eigenvalue weighted by molar-refractivity contribution is 0.0950. The van der Waals surface area contributed by atoms with E-state index in [1.54, 1.807) is 32.4 Å². The van der Waals surface area contributed by atoms with Crippen LogP contribution in [0.1, 0.15) is 35.7 Å². The van der Waals surface area contributed by atoms with Crippen LogP contribution in [0.4, 0.5) is 0 Å². The van der Waals surface area contributed by atoms with E-state index in [1.165, 1.54) is 7.11 Å². The van der Waals surface area contributed by atoms with Crippen LogP contribution in [0.15, 0.2) is 30.3 Å². The molecule has 0 atom stereocenters. The van der Waals surface area contributed by atoms with E-state index in [0.29, 0.717) is 46.7 Å². The maximum atomic E-state index is 12.6. The van der Waals surface area contributed by atoms with E-state index in [2.05, 4.69) is 12.2 Å². The molecule has 0 saturated heterocycles. The Kier molecular flexibility index (Phi) is 8.26. The molecule has 0 fully saturated rings. The van der Waals surface area contributed by atoms with Gasteiger partial charge in [0.2, 0.25) is 0 Å². The molecule has 0 unspecified atom stereocenters. The fraction of sp³-hybridized carbons (Fsp3) is 0.381. The van der Waals surface area contributed by atoms with Gasteiger partial charge in [-0.05, 0) is 36.2 Å². The normalized spacial score (nSPS) is 10.3. The summed E-state index contributed by atoms with van der Waals surface area (Å²) >= 11 is 6.31. The second-order valence-electron chi connectivity index (χ2n) is 6.06. The van der Waals surface area contributed by atoms with E-state index in [4.69, 9.17) is 30.5 Å². The Bertz CT molecular complexity index is 810. The molecule has 0 bridgehead atoms. The average Bonchev–Trinajstić information content (AvgIpc) is 2.72. The Labute approximate surface area is 170 Å². The number of carbonyl (C=O) groups excluding carboxylic acids is 1. The first kappa shape index (κ1) is 21.7. The van der Waals surface area contributed by atoms with Crippen LogP contribution in [0.2, 0.25) is 5.02 Å². The molecule has 0 aromatic heterocycles. The largest absolute Gasteiger partial charge is 0.493 e. The second kappa shape index (κ2) is 10.7. The first-order chi connectivity index (χ1) is 13.5. The number of rotatable bonds is 10. The lowest BCUT2D eigenvalue weighted by Crippen LogP contribution is -2.23.